The molecule has 0 aliphatic carbocycles. The van der Waals surface area contributed by atoms with Crippen LogP contribution >= 0.6 is 0 Å². The molecule has 0 N–H and O–H groups in total. The van der Waals surface area contributed by atoms with Crippen molar-refractivity contribution in [2.45, 2.75) is 27.7 Å². The van der Waals surface area contributed by atoms with E-state index in [4.69, 9.17) is 9.47 Å². The fourth-order valence-corrected chi connectivity index (χ4v) is 2.73. The Morgan fingerprint density at radius 3 is 1.46 bits per heavy atom. The number of hydrogen-bond donors (Lipinski definition) is 0. The first-order chi connectivity index (χ1) is 13.3. The molecule has 3 rings (SSSR count). The lowest BCUT2D eigenvalue weighted by atomic mass is 10.1. The lowest BCUT2D eigenvalue weighted by Crippen LogP contribution is -2.13. The Balaban J connectivity index is 1.79. The molecule has 0 aliphatic rings. The van der Waals surface area contributed by atoms with Crippen molar-refractivity contribution in [1.82, 2.24) is 0 Å². The third-order valence-electron chi connectivity index (χ3n) is 4.43. The molecule has 0 unspecified atom stereocenters. The molecule has 0 saturated carbocycles. The summed E-state index contributed by atoms with van der Waals surface area (Å²) in [6.45, 7) is 7.61. The molecule has 142 valence electrons. The molecule has 4 nitrogen and oxygen atoms in total. The van der Waals surface area contributed by atoms with Gasteiger partial charge in [-0.05, 0) is 80.3 Å². The van der Waals surface area contributed by atoms with Crippen LogP contribution in [0.5, 0.6) is 11.5 Å². The first-order valence-electron chi connectivity index (χ1n) is 9.02. The summed E-state index contributed by atoms with van der Waals surface area (Å²) >= 11 is 0. The second kappa shape index (κ2) is 8.09. The summed E-state index contributed by atoms with van der Waals surface area (Å²) in [6.07, 6.45) is 0. The van der Waals surface area contributed by atoms with Crippen molar-refractivity contribution in [3.63, 3.8) is 0 Å². The minimum absolute atomic E-state index is 0.288. The second-order valence-corrected chi connectivity index (χ2v) is 6.90. The van der Waals surface area contributed by atoms with E-state index >= 15 is 0 Å². The molecule has 0 fully saturated rings. The zero-order valence-electron chi connectivity index (χ0n) is 16.4. The Bertz CT molecular complexity index is 969. The van der Waals surface area contributed by atoms with Gasteiger partial charge >= 0.3 is 11.9 Å². The minimum Gasteiger partial charge on any atom is -0.423 e. The van der Waals surface area contributed by atoms with E-state index in [1.807, 2.05) is 64.1 Å². The number of ether oxygens (including phenoxy) is 2. The van der Waals surface area contributed by atoms with E-state index in [0.717, 1.165) is 22.3 Å². The van der Waals surface area contributed by atoms with Crippen LogP contribution in [0.3, 0.4) is 0 Å². The van der Waals surface area contributed by atoms with Crippen LogP contribution in [-0.2, 0) is 0 Å². The summed E-state index contributed by atoms with van der Waals surface area (Å²) in [4.78, 5) is 25.1. The summed E-state index contributed by atoms with van der Waals surface area (Å²) in [5.41, 5.74) is 4.31. The Morgan fingerprint density at radius 2 is 1.04 bits per heavy atom. The van der Waals surface area contributed by atoms with Crippen molar-refractivity contribution in [1.29, 1.82) is 0 Å². The molecule has 0 aromatic heterocycles. The number of esters is 2. The van der Waals surface area contributed by atoms with Gasteiger partial charge in [0.25, 0.3) is 0 Å². The molecule has 0 heterocycles. The molecule has 0 bridgehead atoms. The molecule has 3 aromatic rings. The van der Waals surface area contributed by atoms with E-state index in [9.17, 15) is 9.59 Å². The first kappa shape index (κ1) is 19.4. The summed E-state index contributed by atoms with van der Waals surface area (Å²) in [6, 6.07) is 17.7. The maximum Gasteiger partial charge on any atom is 0.343 e. The SMILES string of the molecule is Cc1ccc(C)c(OC(=O)c2cccc(C(=O)Oc3cc(C)ccc3C)c2)c1. The smallest absolute Gasteiger partial charge is 0.343 e. The van der Waals surface area contributed by atoms with Gasteiger partial charge in [0.2, 0.25) is 0 Å². The van der Waals surface area contributed by atoms with Crippen LogP contribution in [0, 0.1) is 27.7 Å². The van der Waals surface area contributed by atoms with Crippen molar-refractivity contribution < 1.29 is 19.1 Å². The highest BCUT2D eigenvalue weighted by Crippen LogP contribution is 2.22. The van der Waals surface area contributed by atoms with E-state index in [0.29, 0.717) is 11.5 Å². The molecule has 0 spiro atoms. The van der Waals surface area contributed by atoms with Crippen LogP contribution in [0.15, 0.2) is 60.7 Å². The van der Waals surface area contributed by atoms with Gasteiger partial charge in [-0.2, -0.15) is 0 Å². The first-order valence-corrected chi connectivity index (χ1v) is 9.02. The largest absolute Gasteiger partial charge is 0.423 e. The predicted octanol–water partition coefficient (Wildman–Crippen LogP) is 5.36. The van der Waals surface area contributed by atoms with Crippen LogP contribution < -0.4 is 9.47 Å². The van der Waals surface area contributed by atoms with Crippen molar-refractivity contribution in [2.24, 2.45) is 0 Å². The van der Waals surface area contributed by atoms with Gasteiger partial charge in [0.15, 0.2) is 0 Å². The minimum atomic E-state index is -0.518. The fraction of sp³-hybridized carbons (Fsp3) is 0.167. The number of aryl methyl sites for hydroxylation is 4. The van der Waals surface area contributed by atoms with Gasteiger partial charge in [0, 0.05) is 0 Å². The average Bonchev–Trinajstić information content (AvgIpc) is 2.67. The molecular weight excluding hydrogens is 352 g/mol. The summed E-state index contributed by atoms with van der Waals surface area (Å²) in [5.74, 6) is -0.0214. The van der Waals surface area contributed by atoms with E-state index in [1.54, 1.807) is 18.2 Å². The third-order valence-corrected chi connectivity index (χ3v) is 4.43. The summed E-state index contributed by atoms with van der Waals surface area (Å²) in [5, 5.41) is 0. The molecule has 3 aromatic carbocycles. The normalized spacial score (nSPS) is 10.4. The van der Waals surface area contributed by atoms with Gasteiger partial charge in [-0.3, -0.25) is 0 Å². The summed E-state index contributed by atoms with van der Waals surface area (Å²) < 4.78 is 11.0. The molecular formula is C24H22O4. The second-order valence-electron chi connectivity index (χ2n) is 6.90. The number of carbonyl (C=O) groups is 2. The van der Waals surface area contributed by atoms with E-state index in [2.05, 4.69) is 0 Å². The lowest BCUT2D eigenvalue weighted by molar-refractivity contribution is 0.0733. The monoisotopic (exact) mass is 374 g/mol. The highest BCUT2D eigenvalue weighted by Gasteiger charge is 2.15. The van der Waals surface area contributed by atoms with Gasteiger partial charge in [0.05, 0.1) is 11.1 Å². The number of carbonyl (C=O) groups excluding carboxylic acids is 2. The lowest BCUT2D eigenvalue weighted by Gasteiger charge is -2.10. The molecule has 28 heavy (non-hydrogen) atoms. The molecule has 0 saturated heterocycles. The van der Waals surface area contributed by atoms with Crippen molar-refractivity contribution in [3.8, 4) is 11.5 Å². The van der Waals surface area contributed by atoms with Gasteiger partial charge in [-0.25, -0.2) is 9.59 Å². The van der Waals surface area contributed by atoms with Crippen LogP contribution in [0.1, 0.15) is 43.0 Å². The zero-order chi connectivity index (χ0) is 20.3. The van der Waals surface area contributed by atoms with E-state index < -0.39 is 11.9 Å². The van der Waals surface area contributed by atoms with Crippen LogP contribution in [0.25, 0.3) is 0 Å². The molecule has 0 amide bonds. The van der Waals surface area contributed by atoms with E-state index in [-0.39, 0.29) is 11.1 Å². The van der Waals surface area contributed by atoms with Crippen molar-refractivity contribution >= 4 is 11.9 Å². The van der Waals surface area contributed by atoms with Crippen LogP contribution in [0.4, 0.5) is 0 Å². The van der Waals surface area contributed by atoms with Gasteiger partial charge in [-0.15, -0.1) is 0 Å². The number of hydrogen-bond acceptors (Lipinski definition) is 4. The molecule has 4 heteroatoms. The van der Waals surface area contributed by atoms with Crippen molar-refractivity contribution in [2.75, 3.05) is 0 Å². The molecule has 0 aliphatic heterocycles. The van der Waals surface area contributed by atoms with E-state index in [1.165, 1.54) is 6.07 Å². The summed E-state index contributed by atoms with van der Waals surface area (Å²) in [7, 11) is 0. The predicted molar refractivity (Wildman–Crippen MR) is 108 cm³/mol. The van der Waals surface area contributed by atoms with Gasteiger partial charge in [-0.1, -0.05) is 30.3 Å². The highest BCUT2D eigenvalue weighted by atomic mass is 16.5. The van der Waals surface area contributed by atoms with Gasteiger partial charge in [0.1, 0.15) is 11.5 Å². The van der Waals surface area contributed by atoms with Crippen molar-refractivity contribution in [3.05, 3.63) is 94.0 Å². The molecule has 0 radical (unpaired) electrons. The maximum atomic E-state index is 12.5. The number of rotatable bonds is 4. The Morgan fingerprint density at radius 1 is 0.607 bits per heavy atom. The Labute approximate surface area is 164 Å². The zero-order valence-corrected chi connectivity index (χ0v) is 16.4. The maximum absolute atomic E-state index is 12.5. The fourth-order valence-electron chi connectivity index (χ4n) is 2.73. The van der Waals surface area contributed by atoms with Gasteiger partial charge < -0.3 is 9.47 Å². The average molecular weight is 374 g/mol. The van der Waals surface area contributed by atoms with Crippen LogP contribution in [-0.4, -0.2) is 11.9 Å². The number of benzene rings is 3. The quantitative estimate of drug-likeness (QED) is 0.456. The van der Waals surface area contributed by atoms with Crippen LogP contribution in [0.2, 0.25) is 0 Å². The highest BCUT2D eigenvalue weighted by molar-refractivity contribution is 5.96. The third kappa shape index (κ3) is 4.46. The molecule has 0 atom stereocenters. The Hall–Kier alpha value is -3.40. The Kier molecular flexibility index (Phi) is 5.59. The standard InChI is InChI=1S/C24H22O4/c1-15-8-10-17(3)21(12-15)27-23(25)19-6-5-7-20(14-19)24(26)28-22-13-16(2)9-11-18(22)4/h5-14H,1-4H3. The topological polar surface area (TPSA) is 52.6 Å².